The minimum absolute atomic E-state index is 0.187. The number of rotatable bonds is 5. The third-order valence-electron chi connectivity index (χ3n) is 3.08. The number of benzene rings is 1. The van der Waals surface area contributed by atoms with Gasteiger partial charge in [-0.25, -0.2) is 4.68 Å². The highest BCUT2D eigenvalue weighted by atomic mass is 35.5. The molecule has 2 rings (SSSR count). The van der Waals surface area contributed by atoms with Gasteiger partial charge in [-0.2, -0.15) is 5.10 Å². The second-order valence-electron chi connectivity index (χ2n) is 4.94. The van der Waals surface area contributed by atoms with Gasteiger partial charge in [0.15, 0.2) is 0 Å². The van der Waals surface area contributed by atoms with E-state index in [1.807, 2.05) is 12.1 Å². The van der Waals surface area contributed by atoms with Gasteiger partial charge < -0.3 is 10.4 Å². The van der Waals surface area contributed by atoms with Crippen molar-refractivity contribution in [1.29, 1.82) is 0 Å². The monoisotopic (exact) mass is 307 g/mol. The molecule has 0 spiro atoms. The van der Waals surface area contributed by atoms with E-state index in [9.17, 15) is 9.90 Å². The van der Waals surface area contributed by atoms with E-state index in [1.54, 1.807) is 36.9 Å². The second kappa shape index (κ2) is 6.74. The van der Waals surface area contributed by atoms with Gasteiger partial charge in [-0.05, 0) is 44.5 Å². The van der Waals surface area contributed by atoms with Crippen LogP contribution in [-0.2, 0) is 0 Å². The number of nitrogens with zero attached hydrogens (tertiary/aromatic N) is 2. The van der Waals surface area contributed by atoms with Crippen molar-refractivity contribution in [3.05, 3.63) is 46.7 Å². The number of aryl methyl sites for hydroxylation is 1. The first kappa shape index (κ1) is 15.5. The lowest BCUT2D eigenvalue weighted by atomic mass is 10.2. The molecule has 21 heavy (non-hydrogen) atoms. The van der Waals surface area contributed by atoms with Crippen LogP contribution in [0, 0.1) is 6.92 Å². The van der Waals surface area contributed by atoms with Crippen molar-refractivity contribution < 1.29 is 9.90 Å². The van der Waals surface area contributed by atoms with Crippen molar-refractivity contribution in [2.24, 2.45) is 0 Å². The van der Waals surface area contributed by atoms with Gasteiger partial charge in [0.1, 0.15) is 0 Å². The van der Waals surface area contributed by atoms with E-state index in [2.05, 4.69) is 10.4 Å². The van der Waals surface area contributed by atoms with Gasteiger partial charge in [-0.3, -0.25) is 4.79 Å². The first-order chi connectivity index (χ1) is 9.97. The Kier molecular flexibility index (Phi) is 4.98. The molecule has 1 aromatic carbocycles. The third kappa shape index (κ3) is 4.06. The molecule has 1 aromatic heterocycles. The van der Waals surface area contributed by atoms with Gasteiger partial charge in [0.2, 0.25) is 0 Å². The Morgan fingerprint density at radius 3 is 2.71 bits per heavy atom. The summed E-state index contributed by atoms with van der Waals surface area (Å²) in [6.45, 7) is 3.91. The Bertz CT molecular complexity index is 620. The van der Waals surface area contributed by atoms with Gasteiger partial charge in [0.05, 0.1) is 23.0 Å². The summed E-state index contributed by atoms with van der Waals surface area (Å²) in [5.41, 5.74) is 2.01. The molecule has 1 amide bonds. The van der Waals surface area contributed by atoms with Crippen LogP contribution in [0.25, 0.3) is 5.69 Å². The Balaban J connectivity index is 2.11. The molecule has 0 fully saturated rings. The number of aliphatic hydroxyl groups excluding tert-OH is 1. The van der Waals surface area contributed by atoms with Gasteiger partial charge in [-0.1, -0.05) is 11.6 Å². The highest BCUT2D eigenvalue weighted by Crippen LogP contribution is 2.15. The number of halogens is 1. The van der Waals surface area contributed by atoms with Crippen LogP contribution in [0.4, 0.5) is 0 Å². The van der Waals surface area contributed by atoms with Crippen molar-refractivity contribution in [1.82, 2.24) is 15.1 Å². The van der Waals surface area contributed by atoms with E-state index < -0.39 is 6.10 Å². The summed E-state index contributed by atoms with van der Waals surface area (Å²) in [6, 6.07) is 7.22. The van der Waals surface area contributed by atoms with Crippen LogP contribution in [0.3, 0.4) is 0 Å². The SMILES string of the molecule is Cc1nn(-c2ccc(Cl)cc2)cc1C(=O)NCCC(C)O. The second-order valence-corrected chi connectivity index (χ2v) is 5.38. The molecule has 6 heteroatoms. The molecule has 1 heterocycles. The van der Waals surface area contributed by atoms with Gasteiger partial charge >= 0.3 is 0 Å². The Morgan fingerprint density at radius 2 is 2.10 bits per heavy atom. The van der Waals surface area contributed by atoms with Crippen LogP contribution in [0.5, 0.6) is 0 Å². The maximum atomic E-state index is 12.1. The molecule has 0 aliphatic rings. The fourth-order valence-corrected chi connectivity index (χ4v) is 2.02. The van der Waals surface area contributed by atoms with E-state index in [0.29, 0.717) is 29.2 Å². The number of carbonyl (C=O) groups excluding carboxylic acids is 1. The lowest BCUT2D eigenvalue weighted by Crippen LogP contribution is -2.26. The molecule has 2 aromatic rings. The standard InChI is InChI=1S/C15H18ClN3O2/c1-10(20)7-8-17-15(21)14-9-19(18-11(14)2)13-5-3-12(16)4-6-13/h3-6,9-10,20H,7-8H2,1-2H3,(H,17,21). The number of hydrogen-bond donors (Lipinski definition) is 2. The minimum atomic E-state index is -0.428. The van der Waals surface area contributed by atoms with Gasteiger partial charge in [0.25, 0.3) is 5.91 Å². The normalized spacial score (nSPS) is 12.2. The summed E-state index contributed by atoms with van der Waals surface area (Å²) in [5.74, 6) is -0.187. The molecule has 0 saturated carbocycles. The molecular formula is C15H18ClN3O2. The topological polar surface area (TPSA) is 67.2 Å². The van der Waals surface area contributed by atoms with Crippen LogP contribution in [0.1, 0.15) is 29.4 Å². The summed E-state index contributed by atoms with van der Waals surface area (Å²) in [5, 5.41) is 16.9. The van der Waals surface area contributed by atoms with E-state index in [4.69, 9.17) is 11.6 Å². The molecule has 2 N–H and O–H groups in total. The predicted molar refractivity (Wildman–Crippen MR) is 81.9 cm³/mol. The van der Waals surface area contributed by atoms with Crippen LogP contribution in [0.15, 0.2) is 30.5 Å². The fraction of sp³-hybridized carbons (Fsp3) is 0.333. The molecule has 0 bridgehead atoms. The van der Waals surface area contributed by atoms with Crippen molar-refractivity contribution in [2.75, 3.05) is 6.54 Å². The maximum absolute atomic E-state index is 12.1. The molecule has 1 atom stereocenters. The van der Waals surface area contributed by atoms with Crippen molar-refractivity contribution >= 4 is 17.5 Å². The zero-order chi connectivity index (χ0) is 15.4. The predicted octanol–water partition coefficient (Wildman–Crippen LogP) is 2.33. The Hall–Kier alpha value is -1.85. The summed E-state index contributed by atoms with van der Waals surface area (Å²) in [7, 11) is 0. The van der Waals surface area contributed by atoms with Crippen molar-refractivity contribution in [3.63, 3.8) is 0 Å². The molecular weight excluding hydrogens is 290 g/mol. The largest absolute Gasteiger partial charge is 0.393 e. The smallest absolute Gasteiger partial charge is 0.254 e. The van der Waals surface area contributed by atoms with Crippen LogP contribution in [-0.4, -0.2) is 33.4 Å². The average Bonchev–Trinajstić information content (AvgIpc) is 2.81. The van der Waals surface area contributed by atoms with E-state index in [1.165, 1.54) is 0 Å². The lowest BCUT2D eigenvalue weighted by molar-refractivity contribution is 0.0945. The molecule has 0 radical (unpaired) electrons. The number of hydrogen-bond acceptors (Lipinski definition) is 3. The highest BCUT2D eigenvalue weighted by molar-refractivity contribution is 6.30. The Morgan fingerprint density at radius 1 is 1.43 bits per heavy atom. The van der Waals surface area contributed by atoms with Gasteiger partial charge in [-0.15, -0.1) is 0 Å². The molecule has 0 saturated heterocycles. The first-order valence-corrected chi connectivity index (χ1v) is 7.13. The molecule has 1 unspecified atom stereocenters. The van der Waals surface area contributed by atoms with Crippen molar-refractivity contribution in [2.45, 2.75) is 26.4 Å². The lowest BCUT2D eigenvalue weighted by Gasteiger charge is -2.05. The molecule has 5 nitrogen and oxygen atoms in total. The van der Waals surface area contributed by atoms with E-state index >= 15 is 0 Å². The van der Waals surface area contributed by atoms with Crippen LogP contribution < -0.4 is 5.32 Å². The molecule has 112 valence electrons. The third-order valence-corrected chi connectivity index (χ3v) is 3.33. The number of aromatic nitrogens is 2. The quantitative estimate of drug-likeness (QED) is 0.891. The minimum Gasteiger partial charge on any atom is -0.393 e. The van der Waals surface area contributed by atoms with Gasteiger partial charge in [0, 0.05) is 17.8 Å². The Labute approximate surface area is 128 Å². The average molecular weight is 308 g/mol. The summed E-state index contributed by atoms with van der Waals surface area (Å²) in [6.07, 6.45) is 1.79. The van der Waals surface area contributed by atoms with Crippen molar-refractivity contribution in [3.8, 4) is 5.69 Å². The number of amides is 1. The zero-order valence-electron chi connectivity index (χ0n) is 12.0. The van der Waals surface area contributed by atoms with Crippen LogP contribution in [0.2, 0.25) is 5.02 Å². The summed E-state index contributed by atoms with van der Waals surface area (Å²) < 4.78 is 1.65. The molecule has 0 aliphatic carbocycles. The first-order valence-electron chi connectivity index (χ1n) is 6.76. The van der Waals surface area contributed by atoms with E-state index in [0.717, 1.165) is 5.69 Å². The number of aliphatic hydroxyl groups is 1. The van der Waals surface area contributed by atoms with Crippen LogP contribution >= 0.6 is 11.6 Å². The summed E-state index contributed by atoms with van der Waals surface area (Å²) in [4.78, 5) is 12.1. The molecule has 0 aliphatic heterocycles. The van der Waals surface area contributed by atoms with E-state index in [-0.39, 0.29) is 5.91 Å². The number of carbonyl (C=O) groups is 1. The number of nitrogens with one attached hydrogen (secondary N) is 1. The summed E-state index contributed by atoms with van der Waals surface area (Å²) >= 11 is 5.85. The fourth-order valence-electron chi connectivity index (χ4n) is 1.90. The maximum Gasteiger partial charge on any atom is 0.254 e. The highest BCUT2D eigenvalue weighted by Gasteiger charge is 2.14. The zero-order valence-corrected chi connectivity index (χ0v) is 12.8.